The summed E-state index contributed by atoms with van der Waals surface area (Å²) in [6, 6.07) is 6.71. The Morgan fingerprint density at radius 1 is 1.17 bits per heavy atom. The lowest BCUT2D eigenvalue weighted by molar-refractivity contribution is -0.123. The monoisotopic (exact) mass is 337 g/mol. The van der Waals surface area contributed by atoms with Crippen molar-refractivity contribution >= 4 is 23.9 Å². The Bertz CT molecular complexity index is 590. The minimum atomic E-state index is -1.13. The first kappa shape index (κ1) is 19.1. The normalized spacial score (nSPS) is 11.2. The lowest BCUT2D eigenvalue weighted by atomic mass is 10.1. The van der Waals surface area contributed by atoms with Crippen LogP contribution in [0.2, 0.25) is 0 Å². The summed E-state index contributed by atoms with van der Waals surface area (Å²) in [6.45, 7) is -0.309. The number of nitrogens with two attached hydrogens (primary N) is 1. The van der Waals surface area contributed by atoms with E-state index < -0.39 is 29.9 Å². The van der Waals surface area contributed by atoms with Crippen LogP contribution in [0.5, 0.6) is 0 Å². The van der Waals surface area contributed by atoms with E-state index in [1.165, 1.54) is 12.1 Å². The average molecular weight is 337 g/mol. The Balaban J connectivity index is 2.63. The molecule has 0 saturated carbocycles. The average Bonchev–Trinajstić information content (AvgIpc) is 2.56. The van der Waals surface area contributed by atoms with Gasteiger partial charge in [-0.2, -0.15) is 0 Å². The van der Waals surface area contributed by atoms with Crippen molar-refractivity contribution in [3.05, 3.63) is 35.9 Å². The van der Waals surface area contributed by atoms with E-state index in [1.54, 1.807) is 18.2 Å². The number of rotatable bonds is 8. The molecule has 1 rings (SSSR count). The van der Waals surface area contributed by atoms with E-state index in [-0.39, 0.29) is 31.6 Å². The molecule has 0 aliphatic carbocycles. The molecule has 24 heavy (non-hydrogen) atoms. The predicted octanol–water partition coefficient (Wildman–Crippen LogP) is -0.704. The van der Waals surface area contributed by atoms with E-state index in [0.717, 1.165) is 0 Å². The smallest absolute Gasteiger partial charge is 0.395 e. The van der Waals surface area contributed by atoms with Crippen LogP contribution in [0.1, 0.15) is 23.2 Å². The molecule has 0 unspecified atom stereocenters. The third kappa shape index (κ3) is 6.88. The Labute approximate surface area is 138 Å². The number of aliphatic hydroxyl groups is 1. The van der Waals surface area contributed by atoms with Crippen molar-refractivity contribution in [1.82, 2.24) is 10.6 Å². The number of ether oxygens (including phenoxy) is 1. The molecule has 9 heteroatoms. The molecule has 1 atom stereocenters. The molecular formula is C15H19N3O6. The number of benzene rings is 1. The van der Waals surface area contributed by atoms with Crippen LogP contribution in [-0.2, 0) is 14.3 Å². The summed E-state index contributed by atoms with van der Waals surface area (Å²) in [7, 11) is 0. The van der Waals surface area contributed by atoms with Gasteiger partial charge in [0.1, 0.15) is 6.04 Å². The molecule has 0 fully saturated rings. The minimum Gasteiger partial charge on any atom is -0.395 e. The molecule has 0 aliphatic rings. The van der Waals surface area contributed by atoms with Crippen LogP contribution in [0.25, 0.3) is 0 Å². The Hall–Kier alpha value is -2.94. The number of aliphatic hydroxyl groups excluding tert-OH is 1. The zero-order chi connectivity index (χ0) is 17.9. The van der Waals surface area contributed by atoms with Gasteiger partial charge in [0.05, 0.1) is 12.2 Å². The SMILES string of the molecule is NC(=O)CC[C@H](NC(=O)OC(=O)c1ccccc1)C(=O)NCCO. The fourth-order valence-electron chi connectivity index (χ4n) is 1.75. The third-order valence-electron chi connectivity index (χ3n) is 2.89. The Kier molecular flexibility index (Phi) is 7.92. The standard InChI is InChI=1S/C15H19N3O6/c16-12(20)7-6-11(13(21)17-8-9-19)18-15(23)24-14(22)10-4-2-1-3-5-10/h1-5,11,19H,6-9H2,(H2,16,20)(H,17,21)(H,18,23)/t11-/m0/s1. The number of primary amides is 1. The number of hydrogen-bond donors (Lipinski definition) is 4. The lowest BCUT2D eigenvalue weighted by Gasteiger charge is -2.17. The highest BCUT2D eigenvalue weighted by Crippen LogP contribution is 2.03. The van der Waals surface area contributed by atoms with E-state index >= 15 is 0 Å². The summed E-state index contributed by atoms with van der Waals surface area (Å²) in [5.74, 6) is -2.16. The van der Waals surface area contributed by atoms with Gasteiger partial charge in [-0.1, -0.05) is 18.2 Å². The first-order valence-corrected chi connectivity index (χ1v) is 7.18. The molecule has 1 aromatic rings. The van der Waals surface area contributed by atoms with Crippen LogP contribution in [-0.4, -0.2) is 48.2 Å². The second kappa shape index (κ2) is 9.95. The summed E-state index contributed by atoms with van der Waals surface area (Å²) in [5.41, 5.74) is 5.19. The van der Waals surface area contributed by atoms with E-state index in [0.29, 0.717) is 0 Å². The van der Waals surface area contributed by atoms with Crippen molar-refractivity contribution in [2.24, 2.45) is 5.73 Å². The van der Waals surface area contributed by atoms with Gasteiger partial charge in [0.15, 0.2) is 0 Å². The Morgan fingerprint density at radius 3 is 2.42 bits per heavy atom. The molecule has 5 N–H and O–H groups in total. The van der Waals surface area contributed by atoms with E-state index in [4.69, 9.17) is 10.8 Å². The molecule has 0 spiro atoms. The van der Waals surface area contributed by atoms with Gasteiger partial charge in [-0.05, 0) is 18.6 Å². The highest BCUT2D eigenvalue weighted by molar-refractivity contribution is 5.97. The van der Waals surface area contributed by atoms with Crippen LogP contribution < -0.4 is 16.4 Å². The molecule has 1 aromatic carbocycles. The number of esters is 1. The maximum Gasteiger partial charge on any atom is 0.415 e. The van der Waals surface area contributed by atoms with Gasteiger partial charge in [-0.3, -0.25) is 9.59 Å². The van der Waals surface area contributed by atoms with Gasteiger partial charge in [0, 0.05) is 13.0 Å². The van der Waals surface area contributed by atoms with Gasteiger partial charge in [0.2, 0.25) is 11.8 Å². The summed E-state index contributed by atoms with van der Waals surface area (Å²) in [5, 5.41) is 13.2. The third-order valence-corrected chi connectivity index (χ3v) is 2.89. The highest BCUT2D eigenvalue weighted by atomic mass is 16.6. The fraction of sp³-hybridized carbons (Fsp3) is 0.333. The van der Waals surface area contributed by atoms with Gasteiger partial charge in [0.25, 0.3) is 0 Å². The van der Waals surface area contributed by atoms with Crippen LogP contribution in [0.15, 0.2) is 30.3 Å². The first-order chi connectivity index (χ1) is 11.4. The van der Waals surface area contributed by atoms with Crippen LogP contribution in [0.3, 0.4) is 0 Å². The van der Waals surface area contributed by atoms with E-state index in [9.17, 15) is 19.2 Å². The van der Waals surface area contributed by atoms with Crippen molar-refractivity contribution in [3.8, 4) is 0 Å². The van der Waals surface area contributed by atoms with E-state index in [2.05, 4.69) is 15.4 Å². The maximum absolute atomic E-state index is 11.9. The van der Waals surface area contributed by atoms with E-state index in [1.807, 2.05) is 0 Å². The van der Waals surface area contributed by atoms with Gasteiger partial charge >= 0.3 is 12.1 Å². The molecule has 130 valence electrons. The molecular weight excluding hydrogens is 318 g/mol. The highest BCUT2D eigenvalue weighted by Gasteiger charge is 2.23. The molecule has 0 saturated heterocycles. The zero-order valence-electron chi connectivity index (χ0n) is 12.9. The molecule has 0 bridgehead atoms. The van der Waals surface area contributed by atoms with Gasteiger partial charge in [-0.15, -0.1) is 0 Å². The number of alkyl carbamates (subject to hydrolysis) is 1. The molecule has 0 heterocycles. The molecule has 0 aromatic heterocycles. The van der Waals surface area contributed by atoms with Crippen molar-refractivity contribution in [1.29, 1.82) is 0 Å². The number of carbonyl (C=O) groups is 4. The number of nitrogens with one attached hydrogen (secondary N) is 2. The molecule has 9 nitrogen and oxygen atoms in total. The van der Waals surface area contributed by atoms with Gasteiger partial charge in [-0.25, -0.2) is 9.59 Å². The Morgan fingerprint density at radius 2 is 1.83 bits per heavy atom. The maximum atomic E-state index is 11.9. The quantitative estimate of drug-likeness (QED) is 0.364. The number of hydrogen-bond acceptors (Lipinski definition) is 6. The van der Waals surface area contributed by atoms with Crippen molar-refractivity contribution < 1.29 is 29.0 Å². The topological polar surface area (TPSA) is 148 Å². The second-order valence-corrected chi connectivity index (χ2v) is 4.76. The summed E-state index contributed by atoms with van der Waals surface area (Å²) in [4.78, 5) is 46.2. The zero-order valence-corrected chi connectivity index (χ0v) is 12.9. The largest absolute Gasteiger partial charge is 0.415 e. The number of carbonyl (C=O) groups excluding carboxylic acids is 4. The van der Waals surface area contributed by atoms with Crippen molar-refractivity contribution in [3.63, 3.8) is 0 Å². The van der Waals surface area contributed by atoms with Crippen LogP contribution >= 0.6 is 0 Å². The summed E-state index contributed by atoms with van der Waals surface area (Å²) < 4.78 is 4.59. The van der Waals surface area contributed by atoms with Crippen LogP contribution in [0.4, 0.5) is 4.79 Å². The predicted molar refractivity (Wildman–Crippen MR) is 82.7 cm³/mol. The van der Waals surface area contributed by atoms with Crippen molar-refractivity contribution in [2.75, 3.05) is 13.2 Å². The minimum absolute atomic E-state index is 0.0222. The molecule has 3 amide bonds. The van der Waals surface area contributed by atoms with Crippen molar-refractivity contribution in [2.45, 2.75) is 18.9 Å². The van der Waals surface area contributed by atoms with Crippen LogP contribution in [0, 0.1) is 0 Å². The first-order valence-electron chi connectivity index (χ1n) is 7.18. The molecule has 0 radical (unpaired) electrons. The molecule has 0 aliphatic heterocycles. The summed E-state index contributed by atoms with van der Waals surface area (Å²) >= 11 is 0. The second-order valence-electron chi connectivity index (χ2n) is 4.76. The fourth-order valence-corrected chi connectivity index (χ4v) is 1.75. The lowest BCUT2D eigenvalue weighted by Crippen LogP contribution is -2.48. The summed E-state index contributed by atoms with van der Waals surface area (Å²) in [6.07, 6.45) is -1.34. The van der Waals surface area contributed by atoms with Gasteiger partial charge < -0.3 is 26.2 Å². The number of amides is 3.